The molecule has 0 saturated heterocycles. The van der Waals surface area contributed by atoms with E-state index in [1.54, 1.807) is 33.4 Å². The van der Waals surface area contributed by atoms with Crippen LogP contribution in [0, 0.1) is 11.3 Å². The molecule has 1 saturated carbocycles. The van der Waals surface area contributed by atoms with Gasteiger partial charge in [-0.25, -0.2) is 4.79 Å². The summed E-state index contributed by atoms with van der Waals surface area (Å²) < 4.78 is 8.65. The Kier molecular flexibility index (Phi) is 5.42. The van der Waals surface area contributed by atoms with Crippen molar-refractivity contribution in [3.63, 3.8) is 0 Å². The number of hydrogen-bond acceptors (Lipinski definition) is 5. The molecule has 1 fully saturated rings. The highest BCUT2D eigenvalue weighted by Gasteiger charge is 2.25. The van der Waals surface area contributed by atoms with Crippen LogP contribution >= 0.6 is 0 Å². The van der Waals surface area contributed by atoms with Crippen molar-refractivity contribution in [3.05, 3.63) is 63.6 Å². The SMILES string of the molecule is COc1ccc(Cn2c(=O)n([C@H]3CC[C@H](O)CC3)c3ccc(C#N)cc32)cc1C=O. The van der Waals surface area contributed by atoms with Crippen molar-refractivity contribution in [3.8, 4) is 11.8 Å². The summed E-state index contributed by atoms with van der Waals surface area (Å²) >= 11 is 0. The van der Waals surface area contributed by atoms with Gasteiger partial charge in [0.2, 0.25) is 0 Å². The predicted molar refractivity (Wildman–Crippen MR) is 112 cm³/mol. The van der Waals surface area contributed by atoms with Gasteiger partial charge >= 0.3 is 5.69 Å². The van der Waals surface area contributed by atoms with Crippen molar-refractivity contribution in [2.75, 3.05) is 7.11 Å². The minimum atomic E-state index is -0.309. The first kappa shape index (κ1) is 19.9. The molecule has 1 aromatic heterocycles. The molecule has 154 valence electrons. The minimum absolute atomic E-state index is 0.0130. The molecule has 7 heteroatoms. The van der Waals surface area contributed by atoms with E-state index in [-0.39, 0.29) is 24.4 Å². The second-order valence-electron chi connectivity index (χ2n) is 7.71. The van der Waals surface area contributed by atoms with Gasteiger partial charge in [0.05, 0.1) is 48.0 Å². The number of methoxy groups -OCH3 is 1. The molecule has 0 spiro atoms. The van der Waals surface area contributed by atoms with Crippen LogP contribution in [0.15, 0.2) is 41.2 Å². The number of nitrogens with zero attached hydrogens (tertiary/aromatic N) is 3. The summed E-state index contributed by atoms with van der Waals surface area (Å²) in [4.78, 5) is 24.8. The van der Waals surface area contributed by atoms with Crippen LogP contribution in [0.4, 0.5) is 0 Å². The summed E-state index contributed by atoms with van der Waals surface area (Å²) in [5, 5.41) is 19.2. The lowest BCUT2D eigenvalue weighted by Crippen LogP contribution is -2.31. The average molecular weight is 405 g/mol. The van der Waals surface area contributed by atoms with Crippen LogP contribution in [-0.2, 0) is 6.54 Å². The second-order valence-corrected chi connectivity index (χ2v) is 7.71. The summed E-state index contributed by atoms with van der Waals surface area (Å²) in [7, 11) is 1.50. The molecule has 7 nitrogen and oxygen atoms in total. The maximum absolute atomic E-state index is 13.4. The lowest BCUT2D eigenvalue weighted by Gasteiger charge is -2.26. The Bertz CT molecular complexity index is 1190. The van der Waals surface area contributed by atoms with Gasteiger partial charge in [0.15, 0.2) is 6.29 Å². The van der Waals surface area contributed by atoms with Crippen molar-refractivity contribution < 1.29 is 14.6 Å². The number of aliphatic hydroxyl groups is 1. The molecule has 0 atom stereocenters. The maximum Gasteiger partial charge on any atom is 0.329 e. The molecule has 4 rings (SSSR count). The fraction of sp³-hybridized carbons (Fsp3) is 0.348. The number of imidazole rings is 1. The standard InChI is InChI=1S/C23H23N3O4/c1-30-22-9-3-16(10-17(22)14-27)13-25-21-11-15(12-24)2-8-20(21)26(23(25)29)18-4-6-19(28)7-5-18/h2-3,8-11,14,18-19,28H,4-7,13H2,1H3/t18-,19-. The molecule has 0 aliphatic heterocycles. The molecule has 30 heavy (non-hydrogen) atoms. The maximum atomic E-state index is 13.4. The monoisotopic (exact) mass is 405 g/mol. The summed E-state index contributed by atoms with van der Waals surface area (Å²) in [6.07, 6.45) is 3.23. The average Bonchev–Trinajstić information content (AvgIpc) is 3.04. The molecule has 0 radical (unpaired) electrons. The molecule has 1 aliphatic carbocycles. The fourth-order valence-corrected chi connectivity index (χ4v) is 4.33. The number of carbonyl (C=O) groups is 1. The number of nitriles is 1. The van der Waals surface area contributed by atoms with Gasteiger partial charge in [-0.1, -0.05) is 6.07 Å². The molecule has 0 amide bonds. The summed E-state index contributed by atoms with van der Waals surface area (Å²) in [5.41, 5.74) is 3.02. The van der Waals surface area contributed by atoms with Crippen LogP contribution < -0.4 is 10.4 Å². The van der Waals surface area contributed by atoms with Gasteiger partial charge in [-0.15, -0.1) is 0 Å². The summed E-state index contributed by atoms with van der Waals surface area (Å²) in [5.74, 6) is 0.482. The van der Waals surface area contributed by atoms with Crippen LogP contribution in [0.1, 0.15) is 53.2 Å². The number of hydrogen-bond donors (Lipinski definition) is 1. The van der Waals surface area contributed by atoms with E-state index >= 15 is 0 Å². The lowest BCUT2D eigenvalue weighted by molar-refractivity contribution is 0.110. The van der Waals surface area contributed by atoms with Gasteiger partial charge in [0, 0.05) is 6.04 Å². The predicted octanol–water partition coefficient (Wildman–Crippen LogP) is 3.02. The van der Waals surface area contributed by atoms with Gasteiger partial charge < -0.3 is 9.84 Å². The van der Waals surface area contributed by atoms with Crippen LogP contribution in [0.3, 0.4) is 0 Å². The zero-order valence-electron chi connectivity index (χ0n) is 16.7. The third kappa shape index (κ3) is 3.51. The number of fused-ring (bicyclic) bond motifs is 1. The van der Waals surface area contributed by atoms with Crippen molar-refractivity contribution in [2.24, 2.45) is 0 Å². The van der Waals surface area contributed by atoms with Crippen molar-refractivity contribution >= 4 is 17.3 Å². The van der Waals surface area contributed by atoms with E-state index in [2.05, 4.69) is 6.07 Å². The van der Waals surface area contributed by atoms with Crippen LogP contribution in [-0.4, -0.2) is 33.7 Å². The zero-order valence-corrected chi connectivity index (χ0v) is 16.7. The first-order valence-electron chi connectivity index (χ1n) is 10.0. The Hall–Kier alpha value is -3.37. The molecule has 1 aliphatic rings. The molecular formula is C23H23N3O4. The van der Waals surface area contributed by atoms with Gasteiger partial charge in [-0.3, -0.25) is 13.9 Å². The lowest BCUT2D eigenvalue weighted by atomic mass is 9.93. The van der Waals surface area contributed by atoms with Gasteiger partial charge in [-0.2, -0.15) is 5.26 Å². The number of benzene rings is 2. The molecule has 1 heterocycles. The molecule has 0 unspecified atom stereocenters. The Labute approximate surface area is 173 Å². The number of aldehydes is 1. The van der Waals surface area contributed by atoms with E-state index in [1.807, 2.05) is 12.1 Å². The molecule has 2 aromatic carbocycles. The normalized spacial score (nSPS) is 18.8. The summed E-state index contributed by atoms with van der Waals surface area (Å²) in [6.45, 7) is 0.275. The van der Waals surface area contributed by atoms with E-state index in [9.17, 15) is 20.0 Å². The highest BCUT2D eigenvalue weighted by Crippen LogP contribution is 2.31. The van der Waals surface area contributed by atoms with Crippen molar-refractivity contribution in [2.45, 2.75) is 44.4 Å². The Morgan fingerprint density at radius 1 is 1.17 bits per heavy atom. The zero-order chi connectivity index (χ0) is 21.3. The highest BCUT2D eigenvalue weighted by molar-refractivity contribution is 5.80. The van der Waals surface area contributed by atoms with Crippen molar-refractivity contribution in [1.82, 2.24) is 9.13 Å². The number of aromatic nitrogens is 2. The van der Waals surface area contributed by atoms with Crippen LogP contribution in [0.25, 0.3) is 11.0 Å². The first-order chi connectivity index (χ1) is 14.5. The Balaban J connectivity index is 1.83. The Morgan fingerprint density at radius 2 is 1.93 bits per heavy atom. The first-order valence-corrected chi connectivity index (χ1v) is 10.0. The quantitative estimate of drug-likeness (QED) is 0.658. The number of rotatable bonds is 5. The minimum Gasteiger partial charge on any atom is -0.496 e. The van der Waals surface area contributed by atoms with Gasteiger partial charge in [-0.05, 0) is 61.6 Å². The second kappa shape index (κ2) is 8.17. The third-order valence-corrected chi connectivity index (χ3v) is 5.88. The topological polar surface area (TPSA) is 97.2 Å². The van der Waals surface area contributed by atoms with E-state index < -0.39 is 0 Å². The molecular weight excluding hydrogens is 382 g/mol. The van der Waals surface area contributed by atoms with Crippen LogP contribution in [0.2, 0.25) is 0 Å². The van der Waals surface area contributed by atoms with Gasteiger partial charge in [0.1, 0.15) is 5.75 Å². The summed E-state index contributed by atoms with van der Waals surface area (Å²) in [6, 6.07) is 12.7. The van der Waals surface area contributed by atoms with E-state index in [1.165, 1.54) is 7.11 Å². The number of carbonyl (C=O) groups excluding carboxylic acids is 1. The fourth-order valence-electron chi connectivity index (χ4n) is 4.33. The largest absolute Gasteiger partial charge is 0.496 e. The molecule has 0 bridgehead atoms. The third-order valence-electron chi connectivity index (χ3n) is 5.88. The number of ether oxygens (including phenoxy) is 1. The van der Waals surface area contributed by atoms with E-state index in [4.69, 9.17) is 4.74 Å². The number of aliphatic hydroxyl groups excluding tert-OH is 1. The molecule has 1 N–H and O–H groups in total. The van der Waals surface area contributed by atoms with E-state index in [0.717, 1.165) is 30.2 Å². The highest BCUT2D eigenvalue weighted by atomic mass is 16.5. The Morgan fingerprint density at radius 3 is 2.60 bits per heavy atom. The smallest absolute Gasteiger partial charge is 0.329 e. The molecule has 3 aromatic rings. The van der Waals surface area contributed by atoms with E-state index in [0.29, 0.717) is 35.2 Å². The van der Waals surface area contributed by atoms with Gasteiger partial charge in [0.25, 0.3) is 0 Å². The van der Waals surface area contributed by atoms with Crippen LogP contribution in [0.5, 0.6) is 5.75 Å². The van der Waals surface area contributed by atoms with Crippen molar-refractivity contribution in [1.29, 1.82) is 5.26 Å².